The summed E-state index contributed by atoms with van der Waals surface area (Å²) in [4.78, 5) is 28.5. The maximum Gasteiger partial charge on any atom is 0.321 e. The first-order chi connectivity index (χ1) is 10.5. The third kappa shape index (κ3) is 2.54. The molecule has 3 amide bonds. The summed E-state index contributed by atoms with van der Waals surface area (Å²) in [5.41, 5.74) is 1.69. The van der Waals surface area contributed by atoms with Gasteiger partial charge in [0.15, 0.2) is 0 Å². The summed E-state index contributed by atoms with van der Waals surface area (Å²) >= 11 is 0. The minimum absolute atomic E-state index is 0.00413. The number of carbonyl (C=O) groups excluding carboxylic acids is 2. The van der Waals surface area contributed by atoms with Crippen molar-refractivity contribution >= 4 is 17.6 Å². The van der Waals surface area contributed by atoms with E-state index in [1.165, 1.54) is 0 Å². The van der Waals surface area contributed by atoms with Gasteiger partial charge in [0.2, 0.25) is 5.91 Å². The lowest BCUT2D eigenvalue weighted by Gasteiger charge is -2.41. The number of urea groups is 1. The van der Waals surface area contributed by atoms with Gasteiger partial charge < -0.3 is 20.2 Å². The number of β-amino-alcohol motifs (C(OH)–C–C–N with tert-alkyl or cyclic N) is 1. The molecule has 1 atom stereocenters. The Hall–Kier alpha value is -2.08. The minimum atomic E-state index is -0.516. The number of nitrogens with one attached hydrogen (secondary N) is 1. The molecule has 0 saturated carbocycles. The number of nitrogens with zero attached hydrogens (tertiary/aromatic N) is 2. The lowest BCUT2D eigenvalue weighted by molar-refractivity contribution is -0.122. The Morgan fingerprint density at radius 1 is 1.32 bits per heavy atom. The quantitative estimate of drug-likeness (QED) is 0.820. The molecule has 1 saturated heterocycles. The molecule has 1 fully saturated rings. The van der Waals surface area contributed by atoms with Crippen LogP contribution >= 0.6 is 0 Å². The topological polar surface area (TPSA) is 72.9 Å². The summed E-state index contributed by atoms with van der Waals surface area (Å²) in [5.74, 6) is -0.154. The largest absolute Gasteiger partial charge is 0.389 e. The van der Waals surface area contributed by atoms with Crippen LogP contribution in [0.3, 0.4) is 0 Å². The van der Waals surface area contributed by atoms with Gasteiger partial charge in [0.05, 0.1) is 25.7 Å². The first-order valence-corrected chi connectivity index (χ1v) is 7.59. The number of hydrogen-bond acceptors (Lipinski definition) is 3. The van der Waals surface area contributed by atoms with Gasteiger partial charge in [-0.2, -0.15) is 0 Å². The summed E-state index contributed by atoms with van der Waals surface area (Å²) in [7, 11) is 0. The minimum Gasteiger partial charge on any atom is -0.389 e. The van der Waals surface area contributed by atoms with Crippen LogP contribution in [-0.4, -0.2) is 52.1 Å². The second-order valence-electron chi connectivity index (χ2n) is 6.30. The number of rotatable bonds is 1. The Kier molecular flexibility index (Phi) is 3.78. The predicted molar refractivity (Wildman–Crippen MR) is 82.2 cm³/mol. The molecule has 0 unspecified atom stereocenters. The fourth-order valence-corrected chi connectivity index (χ4v) is 3.05. The van der Waals surface area contributed by atoms with E-state index < -0.39 is 12.1 Å². The Labute approximate surface area is 129 Å². The molecule has 118 valence electrons. The molecule has 2 heterocycles. The van der Waals surface area contributed by atoms with E-state index in [1.54, 1.807) is 9.80 Å². The number of aliphatic hydroxyl groups is 1. The van der Waals surface area contributed by atoms with Crippen molar-refractivity contribution in [2.45, 2.75) is 32.5 Å². The van der Waals surface area contributed by atoms with Crippen LogP contribution in [0.25, 0.3) is 0 Å². The first kappa shape index (κ1) is 14.8. The molecule has 0 radical (unpaired) electrons. The lowest BCUT2D eigenvalue weighted by Crippen LogP contribution is -2.60. The van der Waals surface area contributed by atoms with Gasteiger partial charge in [-0.15, -0.1) is 0 Å². The molecule has 2 aliphatic rings. The maximum atomic E-state index is 12.7. The van der Waals surface area contributed by atoms with Crippen LogP contribution in [0.15, 0.2) is 24.3 Å². The Bertz CT molecular complexity index is 596. The summed E-state index contributed by atoms with van der Waals surface area (Å²) in [5, 5.41) is 12.3. The zero-order valence-electron chi connectivity index (χ0n) is 12.8. The highest BCUT2D eigenvalue weighted by Gasteiger charge is 2.40. The number of amides is 3. The summed E-state index contributed by atoms with van der Waals surface area (Å²) in [6.45, 7) is 4.94. The van der Waals surface area contributed by atoms with Gasteiger partial charge in [-0.1, -0.05) is 32.0 Å². The van der Waals surface area contributed by atoms with Crippen molar-refractivity contribution in [3.05, 3.63) is 29.8 Å². The number of benzene rings is 1. The Morgan fingerprint density at radius 3 is 2.64 bits per heavy atom. The number of carbonyl (C=O) groups is 2. The van der Waals surface area contributed by atoms with Crippen LogP contribution in [0.2, 0.25) is 0 Å². The van der Waals surface area contributed by atoms with E-state index in [4.69, 9.17) is 0 Å². The van der Waals surface area contributed by atoms with Crippen molar-refractivity contribution < 1.29 is 14.7 Å². The van der Waals surface area contributed by atoms with E-state index in [0.717, 1.165) is 11.3 Å². The van der Waals surface area contributed by atoms with Gasteiger partial charge in [0.1, 0.15) is 6.04 Å². The van der Waals surface area contributed by atoms with Crippen LogP contribution in [0.4, 0.5) is 10.5 Å². The van der Waals surface area contributed by atoms with E-state index in [2.05, 4.69) is 5.32 Å². The predicted octanol–water partition coefficient (Wildman–Crippen LogP) is 1.26. The molecule has 0 aromatic heterocycles. The average Bonchev–Trinajstić information content (AvgIpc) is 2.58. The number of hydrogen-bond donors (Lipinski definition) is 2. The molecule has 0 aliphatic carbocycles. The van der Waals surface area contributed by atoms with Crippen molar-refractivity contribution in [3.63, 3.8) is 0 Å². The van der Waals surface area contributed by atoms with Gasteiger partial charge in [0, 0.05) is 5.69 Å². The number of fused-ring (bicyclic) bond motifs is 1. The smallest absolute Gasteiger partial charge is 0.321 e. The Balaban J connectivity index is 1.93. The molecule has 1 aromatic rings. The van der Waals surface area contributed by atoms with Crippen LogP contribution in [0.1, 0.15) is 19.4 Å². The SMILES string of the molecule is CC(C)[C@H]1C(=O)Nc2ccccc2CN1C(=O)N1CC(O)C1. The van der Waals surface area contributed by atoms with Crippen molar-refractivity contribution in [2.24, 2.45) is 5.92 Å². The average molecular weight is 303 g/mol. The van der Waals surface area contributed by atoms with Crippen molar-refractivity contribution in [1.82, 2.24) is 9.80 Å². The van der Waals surface area contributed by atoms with Crippen LogP contribution < -0.4 is 5.32 Å². The van der Waals surface area contributed by atoms with E-state index in [0.29, 0.717) is 19.6 Å². The van der Waals surface area contributed by atoms with E-state index >= 15 is 0 Å². The van der Waals surface area contributed by atoms with E-state index in [-0.39, 0.29) is 17.9 Å². The first-order valence-electron chi connectivity index (χ1n) is 7.59. The number of aliphatic hydroxyl groups excluding tert-OH is 1. The van der Waals surface area contributed by atoms with Crippen molar-refractivity contribution in [1.29, 1.82) is 0 Å². The lowest BCUT2D eigenvalue weighted by atomic mass is 10.0. The molecule has 0 bridgehead atoms. The molecule has 22 heavy (non-hydrogen) atoms. The van der Waals surface area contributed by atoms with E-state index in [9.17, 15) is 14.7 Å². The molecule has 6 heteroatoms. The molecular weight excluding hydrogens is 282 g/mol. The molecule has 3 rings (SSSR count). The third-order valence-electron chi connectivity index (χ3n) is 4.23. The van der Waals surface area contributed by atoms with Crippen LogP contribution in [-0.2, 0) is 11.3 Å². The zero-order valence-corrected chi connectivity index (χ0v) is 12.8. The highest BCUT2D eigenvalue weighted by atomic mass is 16.3. The molecule has 2 N–H and O–H groups in total. The number of anilines is 1. The molecule has 2 aliphatic heterocycles. The number of likely N-dealkylation sites (tertiary alicyclic amines) is 1. The summed E-state index contributed by atoms with van der Waals surface area (Å²) < 4.78 is 0. The summed E-state index contributed by atoms with van der Waals surface area (Å²) in [6, 6.07) is 6.84. The highest BCUT2D eigenvalue weighted by Crippen LogP contribution is 2.27. The second kappa shape index (κ2) is 5.61. The van der Waals surface area contributed by atoms with Crippen LogP contribution in [0.5, 0.6) is 0 Å². The van der Waals surface area contributed by atoms with Gasteiger partial charge in [-0.25, -0.2) is 4.79 Å². The Morgan fingerprint density at radius 2 is 2.00 bits per heavy atom. The van der Waals surface area contributed by atoms with E-state index in [1.807, 2.05) is 38.1 Å². The monoisotopic (exact) mass is 303 g/mol. The van der Waals surface area contributed by atoms with Gasteiger partial charge in [-0.05, 0) is 17.5 Å². The molecule has 1 aromatic carbocycles. The zero-order chi connectivity index (χ0) is 15.9. The fourth-order valence-electron chi connectivity index (χ4n) is 3.05. The van der Waals surface area contributed by atoms with Crippen molar-refractivity contribution in [3.8, 4) is 0 Å². The number of para-hydroxylation sites is 1. The van der Waals surface area contributed by atoms with Gasteiger partial charge in [0.25, 0.3) is 0 Å². The normalized spacial score (nSPS) is 22.0. The van der Waals surface area contributed by atoms with Crippen LogP contribution in [0, 0.1) is 5.92 Å². The molecular formula is C16H21N3O3. The summed E-state index contributed by atoms with van der Waals surface area (Å²) in [6.07, 6.45) is -0.449. The molecule has 6 nitrogen and oxygen atoms in total. The van der Waals surface area contributed by atoms with Gasteiger partial charge >= 0.3 is 6.03 Å². The highest BCUT2D eigenvalue weighted by molar-refractivity contribution is 5.98. The standard InChI is InChI=1S/C16H21N3O3/c1-10(2)14-15(21)17-13-6-4-3-5-11(13)7-19(14)16(22)18-8-12(20)9-18/h3-6,10,12,14,20H,7-9H2,1-2H3,(H,17,21)/t14-/m0/s1. The van der Waals surface area contributed by atoms with Gasteiger partial charge in [-0.3, -0.25) is 4.79 Å². The van der Waals surface area contributed by atoms with Crippen molar-refractivity contribution in [2.75, 3.05) is 18.4 Å². The molecule has 0 spiro atoms. The third-order valence-corrected chi connectivity index (χ3v) is 4.23. The second-order valence-corrected chi connectivity index (χ2v) is 6.30. The maximum absolute atomic E-state index is 12.7. The fraction of sp³-hybridized carbons (Fsp3) is 0.500.